The van der Waals surface area contributed by atoms with Crippen molar-refractivity contribution in [1.82, 2.24) is 10.6 Å². The molecule has 0 radical (unpaired) electrons. The van der Waals surface area contributed by atoms with Gasteiger partial charge in [-0.25, -0.2) is 0 Å². The van der Waals surface area contributed by atoms with Gasteiger partial charge >= 0.3 is 6.61 Å². The standard InChI is InChI=1S/C16H29ClF2N2O/c1-9-5-10(12(7-20-9)16(2,3)4)11-6-14(17)21-8-13(11)22-15(18)19/h9-15,20-21H,5-8H2,1-4H3. The van der Waals surface area contributed by atoms with E-state index in [-0.39, 0.29) is 16.8 Å². The number of halogens is 3. The zero-order chi connectivity index (χ0) is 16.5. The summed E-state index contributed by atoms with van der Waals surface area (Å²) in [4.78, 5) is 0. The Labute approximate surface area is 137 Å². The largest absolute Gasteiger partial charge is 0.345 e. The van der Waals surface area contributed by atoms with Gasteiger partial charge in [0.15, 0.2) is 0 Å². The van der Waals surface area contributed by atoms with Crippen LogP contribution in [0.4, 0.5) is 8.78 Å². The van der Waals surface area contributed by atoms with E-state index in [1.54, 1.807) is 0 Å². The summed E-state index contributed by atoms with van der Waals surface area (Å²) >= 11 is 6.26. The molecule has 2 heterocycles. The van der Waals surface area contributed by atoms with Crippen LogP contribution >= 0.6 is 11.6 Å². The number of rotatable bonds is 3. The highest BCUT2D eigenvalue weighted by molar-refractivity contribution is 6.20. The average molecular weight is 339 g/mol. The maximum atomic E-state index is 12.8. The fourth-order valence-corrected chi connectivity index (χ4v) is 4.45. The van der Waals surface area contributed by atoms with E-state index < -0.39 is 12.7 Å². The van der Waals surface area contributed by atoms with Crippen LogP contribution in [0.5, 0.6) is 0 Å². The number of hydrogen-bond donors (Lipinski definition) is 2. The predicted octanol–water partition coefficient (Wildman–Crippen LogP) is 3.43. The second kappa shape index (κ2) is 7.29. The van der Waals surface area contributed by atoms with Crippen molar-refractivity contribution in [3.8, 4) is 0 Å². The highest BCUT2D eigenvalue weighted by atomic mass is 35.5. The number of hydrogen-bond acceptors (Lipinski definition) is 3. The van der Waals surface area contributed by atoms with Gasteiger partial charge in [0.2, 0.25) is 0 Å². The Hall–Kier alpha value is 0.0300. The van der Waals surface area contributed by atoms with E-state index >= 15 is 0 Å². The minimum absolute atomic E-state index is 0.0755. The predicted molar refractivity (Wildman–Crippen MR) is 85.1 cm³/mol. The molecule has 2 aliphatic rings. The molecule has 0 spiro atoms. The minimum Gasteiger partial charge on any atom is -0.318 e. The van der Waals surface area contributed by atoms with Gasteiger partial charge in [-0.3, -0.25) is 5.32 Å². The second-order valence-electron chi connectivity index (χ2n) is 7.89. The summed E-state index contributed by atoms with van der Waals surface area (Å²) in [5.74, 6) is 0.856. The summed E-state index contributed by atoms with van der Waals surface area (Å²) in [5, 5.41) is 6.60. The molecule has 2 fully saturated rings. The molecule has 0 aromatic carbocycles. The lowest BCUT2D eigenvalue weighted by Crippen LogP contribution is -2.56. The molecule has 6 atom stereocenters. The van der Waals surface area contributed by atoms with Crippen LogP contribution in [0, 0.1) is 23.2 Å². The molecule has 22 heavy (non-hydrogen) atoms. The van der Waals surface area contributed by atoms with Crippen molar-refractivity contribution in [2.24, 2.45) is 23.2 Å². The monoisotopic (exact) mass is 338 g/mol. The van der Waals surface area contributed by atoms with Crippen LogP contribution in [-0.2, 0) is 4.74 Å². The lowest BCUT2D eigenvalue weighted by molar-refractivity contribution is -0.191. The van der Waals surface area contributed by atoms with Crippen molar-refractivity contribution in [1.29, 1.82) is 0 Å². The first-order valence-corrected chi connectivity index (χ1v) is 8.66. The van der Waals surface area contributed by atoms with Gasteiger partial charge in [0.25, 0.3) is 0 Å². The SMILES string of the molecule is CC1CC(C2CC(Cl)NCC2OC(F)F)C(C(C)(C)C)CN1. The molecule has 0 aliphatic carbocycles. The van der Waals surface area contributed by atoms with Crippen LogP contribution in [0.3, 0.4) is 0 Å². The molecule has 6 unspecified atom stereocenters. The van der Waals surface area contributed by atoms with E-state index in [0.29, 0.717) is 30.8 Å². The van der Waals surface area contributed by atoms with E-state index in [0.717, 1.165) is 13.0 Å². The van der Waals surface area contributed by atoms with Gasteiger partial charge in [-0.05, 0) is 49.5 Å². The third-order valence-electron chi connectivity index (χ3n) is 5.27. The lowest BCUT2D eigenvalue weighted by Gasteiger charge is -2.49. The van der Waals surface area contributed by atoms with Crippen molar-refractivity contribution < 1.29 is 13.5 Å². The average Bonchev–Trinajstić information content (AvgIpc) is 2.38. The van der Waals surface area contributed by atoms with Gasteiger partial charge in [0.1, 0.15) is 0 Å². The number of piperidine rings is 2. The van der Waals surface area contributed by atoms with E-state index in [1.807, 2.05) is 0 Å². The Bertz CT molecular complexity index is 365. The van der Waals surface area contributed by atoms with E-state index in [9.17, 15) is 8.78 Å². The Morgan fingerprint density at radius 1 is 1.09 bits per heavy atom. The van der Waals surface area contributed by atoms with Crippen LogP contribution in [-0.4, -0.2) is 37.3 Å². The zero-order valence-electron chi connectivity index (χ0n) is 13.9. The molecular formula is C16H29ClF2N2O. The summed E-state index contributed by atoms with van der Waals surface area (Å²) in [6, 6.07) is 0.402. The highest BCUT2D eigenvalue weighted by Crippen LogP contribution is 2.44. The quantitative estimate of drug-likeness (QED) is 0.611. The molecule has 0 aromatic rings. The van der Waals surface area contributed by atoms with Crippen molar-refractivity contribution >= 4 is 11.6 Å². The first kappa shape index (κ1) is 18.4. The van der Waals surface area contributed by atoms with E-state index in [1.165, 1.54) is 0 Å². The van der Waals surface area contributed by atoms with Crippen LogP contribution in [0.2, 0.25) is 0 Å². The molecule has 2 aliphatic heterocycles. The van der Waals surface area contributed by atoms with Crippen LogP contribution in [0.1, 0.15) is 40.5 Å². The smallest absolute Gasteiger partial charge is 0.318 e. The van der Waals surface area contributed by atoms with Gasteiger partial charge in [0.05, 0.1) is 11.6 Å². The second-order valence-corrected chi connectivity index (χ2v) is 8.42. The van der Waals surface area contributed by atoms with Gasteiger partial charge in [-0.1, -0.05) is 20.8 Å². The molecule has 0 saturated carbocycles. The van der Waals surface area contributed by atoms with Crippen molar-refractivity contribution in [3.63, 3.8) is 0 Å². The van der Waals surface area contributed by atoms with Crippen molar-refractivity contribution in [2.45, 2.75) is 64.8 Å². The lowest BCUT2D eigenvalue weighted by atomic mass is 9.63. The zero-order valence-corrected chi connectivity index (χ0v) is 14.7. The van der Waals surface area contributed by atoms with Gasteiger partial charge in [-0.2, -0.15) is 8.78 Å². The maximum absolute atomic E-state index is 12.8. The normalized spacial score (nSPS) is 40.9. The molecule has 3 nitrogen and oxygen atoms in total. The van der Waals surface area contributed by atoms with Gasteiger partial charge in [0, 0.05) is 12.6 Å². The van der Waals surface area contributed by atoms with Gasteiger partial charge < -0.3 is 10.1 Å². The maximum Gasteiger partial charge on any atom is 0.345 e. The van der Waals surface area contributed by atoms with E-state index in [4.69, 9.17) is 16.3 Å². The fraction of sp³-hybridized carbons (Fsp3) is 1.00. The highest BCUT2D eigenvalue weighted by Gasteiger charge is 2.45. The Morgan fingerprint density at radius 3 is 2.36 bits per heavy atom. The first-order valence-electron chi connectivity index (χ1n) is 8.23. The molecule has 0 aromatic heterocycles. The molecule has 6 heteroatoms. The van der Waals surface area contributed by atoms with Crippen LogP contribution in [0.25, 0.3) is 0 Å². The topological polar surface area (TPSA) is 33.3 Å². The molecule has 0 amide bonds. The third kappa shape index (κ3) is 4.53. The molecule has 2 N–H and O–H groups in total. The Morgan fingerprint density at radius 2 is 1.77 bits per heavy atom. The summed E-state index contributed by atoms with van der Waals surface area (Å²) in [6.45, 7) is 7.44. The molecule has 2 rings (SSSR count). The molecule has 130 valence electrons. The number of ether oxygens (including phenoxy) is 1. The minimum atomic E-state index is -2.73. The summed E-state index contributed by atoms with van der Waals surface area (Å²) in [6.07, 6.45) is 1.21. The van der Waals surface area contributed by atoms with Crippen molar-refractivity contribution in [2.75, 3.05) is 13.1 Å². The molecule has 2 saturated heterocycles. The third-order valence-corrected chi connectivity index (χ3v) is 5.60. The molecular weight excluding hydrogens is 310 g/mol. The molecule has 0 bridgehead atoms. The first-order chi connectivity index (χ1) is 10.2. The summed E-state index contributed by atoms with van der Waals surface area (Å²) < 4.78 is 30.5. The Kier molecular flexibility index (Phi) is 6.08. The van der Waals surface area contributed by atoms with Crippen LogP contribution < -0.4 is 10.6 Å². The van der Waals surface area contributed by atoms with E-state index in [2.05, 4.69) is 38.3 Å². The van der Waals surface area contributed by atoms with Crippen LogP contribution in [0.15, 0.2) is 0 Å². The number of alkyl halides is 3. The number of nitrogens with one attached hydrogen (secondary N) is 2. The summed E-state index contributed by atoms with van der Waals surface area (Å²) in [5.41, 5.74) is -0.0341. The Balaban J connectivity index is 2.20. The van der Waals surface area contributed by atoms with Gasteiger partial charge in [-0.15, -0.1) is 11.6 Å². The summed E-state index contributed by atoms with van der Waals surface area (Å²) in [7, 11) is 0. The fourth-order valence-electron chi connectivity index (χ4n) is 4.16. The van der Waals surface area contributed by atoms with Crippen molar-refractivity contribution in [3.05, 3.63) is 0 Å².